The van der Waals surface area contributed by atoms with E-state index in [9.17, 15) is 26.4 Å². The molecule has 0 bridgehead atoms. The summed E-state index contributed by atoms with van der Waals surface area (Å²) in [6.07, 6.45) is 2.84. The van der Waals surface area contributed by atoms with Gasteiger partial charge >= 0.3 is 21.6 Å². The monoisotopic (exact) mass is 409 g/mol. The first-order valence-electron chi connectivity index (χ1n) is 8.05. The van der Waals surface area contributed by atoms with Crippen molar-refractivity contribution < 1.29 is 40.0 Å². The first-order valence-corrected chi connectivity index (χ1v) is 9.46. The van der Waals surface area contributed by atoms with Crippen LogP contribution < -0.4 is 4.74 Å². The highest BCUT2D eigenvalue weighted by Gasteiger charge is 2.49. The van der Waals surface area contributed by atoms with Gasteiger partial charge in [0.25, 0.3) is 0 Å². The number of carbonyl (C=O) groups is 1. The molecule has 0 aliphatic heterocycles. The van der Waals surface area contributed by atoms with Crippen LogP contribution in [-0.2, 0) is 23.8 Å². The Morgan fingerprint density at radius 3 is 2.56 bits per heavy atom. The number of rotatable bonds is 7. The fourth-order valence-corrected chi connectivity index (χ4v) is 3.04. The number of alkyl halides is 3. The molecule has 1 aliphatic carbocycles. The number of halogens is 3. The van der Waals surface area contributed by atoms with Crippen molar-refractivity contribution in [3.63, 3.8) is 0 Å². The Kier molecular flexibility index (Phi) is 6.68. The van der Waals surface area contributed by atoms with Crippen LogP contribution in [0.5, 0.6) is 5.75 Å². The third-order valence-electron chi connectivity index (χ3n) is 3.78. The molecule has 1 aliphatic rings. The lowest BCUT2D eigenvalue weighted by Crippen LogP contribution is -2.29. The predicted octanol–water partition coefficient (Wildman–Crippen LogP) is 2.94. The number of ether oxygens (including phenoxy) is 2. The SMILES string of the molecule is CCOC(=O)C1CCC(OS(=O)(=O)C(F)(F)F)=C(COc2ccncc2)C1. The number of hydrogen-bond acceptors (Lipinski definition) is 7. The molecule has 0 amide bonds. The Bertz CT molecular complexity index is 792. The van der Waals surface area contributed by atoms with Gasteiger partial charge in [-0.15, -0.1) is 0 Å². The molecule has 0 radical (unpaired) electrons. The molecule has 27 heavy (non-hydrogen) atoms. The van der Waals surface area contributed by atoms with Gasteiger partial charge in [0.1, 0.15) is 18.1 Å². The lowest BCUT2D eigenvalue weighted by atomic mass is 9.88. The van der Waals surface area contributed by atoms with E-state index in [0.717, 1.165) is 0 Å². The molecule has 1 atom stereocenters. The molecule has 0 saturated heterocycles. The van der Waals surface area contributed by atoms with Gasteiger partial charge in [0.2, 0.25) is 0 Å². The summed E-state index contributed by atoms with van der Waals surface area (Å²) >= 11 is 0. The van der Waals surface area contributed by atoms with Gasteiger partial charge in [-0.3, -0.25) is 9.78 Å². The molecule has 0 aromatic carbocycles. The summed E-state index contributed by atoms with van der Waals surface area (Å²) in [4.78, 5) is 15.7. The molecular weight excluding hydrogens is 391 g/mol. The van der Waals surface area contributed by atoms with Crippen LogP contribution in [0.1, 0.15) is 26.2 Å². The molecule has 0 saturated carbocycles. The Hall–Kier alpha value is -2.30. The van der Waals surface area contributed by atoms with E-state index >= 15 is 0 Å². The van der Waals surface area contributed by atoms with E-state index in [1.165, 1.54) is 24.5 Å². The number of allylic oxidation sites excluding steroid dienone is 1. The van der Waals surface area contributed by atoms with Gasteiger partial charge in [-0.1, -0.05) is 0 Å². The van der Waals surface area contributed by atoms with Crippen molar-refractivity contribution in [2.24, 2.45) is 5.92 Å². The first kappa shape index (κ1) is 21.0. The summed E-state index contributed by atoms with van der Waals surface area (Å²) in [5.41, 5.74) is -5.39. The zero-order valence-electron chi connectivity index (χ0n) is 14.4. The standard InChI is InChI=1S/C16H18F3NO6S/c1-2-24-15(21)11-3-4-14(26-27(22,23)16(17,18)19)12(9-11)10-25-13-5-7-20-8-6-13/h5-8,11H,2-4,9-10H2,1H3. The van der Waals surface area contributed by atoms with Crippen molar-refractivity contribution in [2.75, 3.05) is 13.2 Å². The van der Waals surface area contributed by atoms with Gasteiger partial charge < -0.3 is 13.7 Å². The van der Waals surface area contributed by atoms with Gasteiger partial charge in [-0.05, 0) is 31.9 Å². The summed E-state index contributed by atoms with van der Waals surface area (Å²) in [7, 11) is -5.80. The van der Waals surface area contributed by atoms with E-state index in [1.54, 1.807) is 6.92 Å². The fraction of sp³-hybridized carbons (Fsp3) is 0.500. The number of hydrogen-bond donors (Lipinski definition) is 0. The topological polar surface area (TPSA) is 91.8 Å². The summed E-state index contributed by atoms with van der Waals surface area (Å²) in [5.74, 6) is -1.09. The minimum Gasteiger partial charge on any atom is -0.489 e. The molecule has 2 rings (SSSR count). The number of pyridine rings is 1. The minimum absolute atomic E-state index is 0.0212. The first-order chi connectivity index (χ1) is 12.6. The van der Waals surface area contributed by atoms with Crippen LogP contribution in [0.15, 0.2) is 35.9 Å². The zero-order chi connectivity index (χ0) is 20.1. The highest BCUT2D eigenvalue weighted by atomic mass is 32.2. The van der Waals surface area contributed by atoms with Gasteiger partial charge in [-0.2, -0.15) is 21.6 Å². The Balaban J connectivity index is 2.23. The molecule has 0 N–H and O–H groups in total. The van der Waals surface area contributed by atoms with Crippen molar-refractivity contribution >= 4 is 16.1 Å². The van der Waals surface area contributed by atoms with E-state index in [-0.39, 0.29) is 43.8 Å². The van der Waals surface area contributed by atoms with Crippen molar-refractivity contribution in [1.82, 2.24) is 4.98 Å². The average molecular weight is 409 g/mol. The number of aromatic nitrogens is 1. The smallest absolute Gasteiger partial charge is 0.489 e. The van der Waals surface area contributed by atoms with Crippen LogP contribution in [0.25, 0.3) is 0 Å². The van der Waals surface area contributed by atoms with Crippen LogP contribution in [0.2, 0.25) is 0 Å². The summed E-state index contributed by atoms with van der Waals surface area (Å²) < 4.78 is 75.2. The highest BCUT2D eigenvalue weighted by molar-refractivity contribution is 7.87. The largest absolute Gasteiger partial charge is 0.534 e. The maximum absolute atomic E-state index is 12.6. The Morgan fingerprint density at radius 2 is 1.96 bits per heavy atom. The van der Waals surface area contributed by atoms with Crippen LogP contribution in [0, 0.1) is 5.92 Å². The molecule has 1 aromatic heterocycles. The van der Waals surface area contributed by atoms with Crippen molar-refractivity contribution in [2.45, 2.75) is 31.7 Å². The van der Waals surface area contributed by atoms with Crippen LogP contribution in [0.3, 0.4) is 0 Å². The van der Waals surface area contributed by atoms with Crippen molar-refractivity contribution in [3.05, 3.63) is 35.9 Å². The van der Waals surface area contributed by atoms with Crippen LogP contribution in [0.4, 0.5) is 13.2 Å². The molecule has 0 spiro atoms. The van der Waals surface area contributed by atoms with E-state index in [0.29, 0.717) is 5.75 Å². The normalized spacial score (nSPS) is 18.1. The third-order valence-corrected chi connectivity index (χ3v) is 4.77. The summed E-state index contributed by atoms with van der Waals surface area (Å²) in [6.45, 7) is 1.56. The maximum atomic E-state index is 12.6. The summed E-state index contributed by atoms with van der Waals surface area (Å²) in [5, 5.41) is 0. The van der Waals surface area contributed by atoms with E-state index in [1.807, 2.05) is 0 Å². The van der Waals surface area contributed by atoms with Crippen LogP contribution >= 0.6 is 0 Å². The molecular formula is C16H18F3NO6S. The number of esters is 1. The maximum Gasteiger partial charge on any atom is 0.534 e. The van der Waals surface area contributed by atoms with Gasteiger partial charge in [0.15, 0.2) is 0 Å². The lowest BCUT2D eigenvalue weighted by Gasteiger charge is -2.26. The lowest BCUT2D eigenvalue weighted by molar-refractivity contribution is -0.148. The van der Waals surface area contributed by atoms with E-state index in [2.05, 4.69) is 9.17 Å². The van der Waals surface area contributed by atoms with Crippen LogP contribution in [-0.4, -0.2) is 38.1 Å². The second-order valence-corrected chi connectivity index (χ2v) is 7.21. The predicted molar refractivity (Wildman–Crippen MR) is 86.8 cm³/mol. The third kappa shape index (κ3) is 5.59. The second kappa shape index (κ2) is 8.59. The molecule has 1 aromatic rings. The van der Waals surface area contributed by atoms with Gasteiger partial charge in [-0.25, -0.2) is 0 Å². The van der Waals surface area contributed by atoms with Gasteiger partial charge in [0.05, 0.1) is 12.5 Å². The molecule has 11 heteroatoms. The highest BCUT2D eigenvalue weighted by Crippen LogP contribution is 2.35. The van der Waals surface area contributed by atoms with Crippen molar-refractivity contribution in [1.29, 1.82) is 0 Å². The Morgan fingerprint density at radius 1 is 1.30 bits per heavy atom. The number of nitrogens with zero attached hydrogens (tertiary/aromatic N) is 1. The zero-order valence-corrected chi connectivity index (χ0v) is 15.2. The van der Waals surface area contributed by atoms with E-state index in [4.69, 9.17) is 9.47 Å². The molecule has 150 valence electrons. The molecule has 1 heterocycles. The summed E-state index contributed by atoms with van der Waals surface area (Å²) in [6, 6.07) is 3.05. The molecule has 7 nitrogen and oxygen atoms in total. The minimum atomic E-state index is -5.80. The quantitative estimate of drug-likeness (QED) is 0.388. The molecule has 0 fully saturated rings. The average Bonchev–Trinajstić information content (AvgIpc) is 2.60. The van der Waals surface area contributed by atoms with Gasteiger partial charge in [0, 0.05) is 24.4 Å². The molecule has 1 unspecified atom stereocenters. The second-order valence-electron chi connectivity index (χ2n) is 5.67. The fourth-order valence-electron chi connectivity index (χ4n) is 2.48. The number of carbonyl (C=O) groups excluding carboxylic acids is 1. The van der Waals surface area contributed by atoms with Crippen molar-refractivity contribution in [3.8, 4) is 5.75 Å². The Labute approximate surface area is 154 Å². The van der Waals surface area contributed by atoms with E-state index < -0.39 is 27.5 Å².